The van der Waals surface area contributed by atoms with Gasteiger partial charge in [0.1, 0.15) is 13.2 Å². The van der Waals surface area contributed by atoms with E-state index in [1.54, 1.807) is 0 Å². The van der Waals surface area contributed by atoms with Crippen molar-refractivity contribution in [1.82, 2.24) is 4.98 Å². The Balaban J connectivity index is 2.23. The second-order valence-electron chi connectivity index (χ2n) is 6.41. The molecule has 29 heavy (non-hydrogen) atoms. The Labute approximate surface area is 155 Å². The average Bonchev–Trinajstić information content (AvgIpc) is 2.52. The van der Waals surface area contributed by atoms with Crippen LogP contribution >= 0.6 is 0 Å². The van der Waals surface area contributed by atoms with Crippen LogP contribution in [0, 0.1) is 0 Å². The van der Waals surface area contributed by atoms with E-state index in [2.05, 4.69) is 4.98 Å². The number of fused-ring (bicyclic) bond motifs is 3. The molecule has 0 amide bonds. The first-order valence-electron chi connectivity index (χ1n) is 7.96. The quantitative estimate of drug-likeness (QED) is 0.702. The third-order valence-corrected chi connectivity index (χ3v) is 4.23. The number of pyridine rings is 1. The van der Waals surface area contributed by atoms with Crippen molar-refractivity contribution in [3.8, 4) is 5.75 Å². The maximum absolute atomic E-state index is 13.4. The lowest BCUT2D eigenvalue weighted by Crippen LogP contribution is -2.49. The van der Waals surface area contributed by atoms with Crippen LogP contribution < -0.4 is 15.2 Å². The van der Waals surface area contributed by atoms with Gasteiger partial charge in [0.05, 0.1) is 34.6 Å². The molecule has 0 aliphatic carbocycles. The van der Waals surface area contributed by atoms with E-state index in [-0.39, 0.29) is 11.6 Å². The smallest absolute Gasteiger partial charge is 0.417 e. The van der Waals surface area contributed by atoms with Crippen molar-refractivity contribution in [2.45, 2.75) is 31.0 Å². The van der Waals surface area contributed by atoms with E-state index < -0.39 is 72.1 Å². The number of halogens is 9. The predicted molar refractivity (Wildman–Crippen MR) is 82.9 cm³/mol. The van der Waals surface area contributed by atoms with E-state index in [0.717, 1.165) is 12.1 Å². The molecule has 3 rings (SSSR count). The summed E-state index contributed by atoms with van der Waals surface area (Å²) in [6.45, 7) is -2.74. The molecule has 0 saturated carbocycles. The van der Waals surface area contributed by atoms with Crippen LogP contribution in [-0.2, 0) is 6.18 Å². The van der Waals surface area contributed by atoms with Crippen LogP contribution in [0.15, 0.2) is 23.0 Å². The van der Waals surface area contributed by atoms with Gasteiger partial charge in [0.25, 0.3) is 0 Å². The molecule has 0 saturated heterocycles. The number of hydrogen-bond acceptors (Lipinski definition) is 3. The minimum Gasteiger partial charge on any atom is -0.489 e. The lowest BCUT2D eigenvalue weighted by Gasteiger charge is -2.39. The van der Waals surface area contributed by atoms with Gasteiger partial charge in [-0.15, -0.1) is 0 Å². The second-order valence-corrected chi connectivity index (χ2v) is 6.41. The summed E-state index contributed by atoms with van der Waals surface area (Å²) in [5, 5.41) is -0.729. The van der Waals surface area contributed by atoms with Gasteiger partial charge in [-0.05, 0) is 12.1 Å². The summed E-state index contributed by atoms with van der Waals surface area (Å²) >= 11 is 0. The van der Waals surface area contributed by atoms with Crippen LogP contribution in [0.1, 0.15) is 12.0 Å². The lowest BCUT2D eigenvalue weighted by molar-refractivity contribution is -0.146. The van der Waals surface area contributed by atoms with Crippen molar-refractivity contribution >= 4 is 16.6 Å². The first kappa shape index (κ1) is 21.1. The van der Waals surface area contributed by atoms with Gasteiger partial charge in [-0.2, -0.15) is 39.5 Å². The molecule has 1 unspecified atom stereocenters. The van der Waals surface area contributed by atoms with Gasteiger partial charge >= 0.3 is 18.5 Å². The molecule has 160 valence electrons. The van der Waals surface area contributed by atoms with Gasteiger partial charge in [-0.25, -0.2) is 0 Å². The summed E-state index contributed by atoms with van der Waals surface area (Å²) in [5.74, 6) is -0.672. The zero-order valence-electron chi connectivity index (χ0n) is 14.1. The molecule has 1 atom stereocenters. The van der Waals surface area contributed by atoms with Gasteiger partial charge in [0, 0.05) is 6.07 Å². The molecule has 0 radical (unpaired) electrons. The van der Waals surface area contributed by atoms with E-state index in [0.29, 0.717) is 4.90 Å². The highest BCUT2D eigenvalue weighted by atomic mass is 19.4. The minimum atomic E-state index is -5.05. The fourth-order valence-corrected chi connectivity index (χ4v) is 3.22. The standard InChI is InChI=1S/C16H11F9N2O2/c17-14(18,19)4-7-5-29-13-10(27(7)6-15(20,21)22)2-1-9-12(13)8(16(23,24)25)3-11(28)26-9/h1-3,7H,4-6H2,(H,26,28). The Morgan fingerprint density at radius 3 is 2.24 bits per heavy atom. The zero-order valence-corrected chi connectivity index (χ0v) is 14.1. The maximum Gasteiger partial charge on any atom is 0.417 e. The monoisotopic (exact) mass is 434 g/mol. The van der Waals surface area contributed by atoms with Gasteiger partial charge in [-0.1, -0.05) is 0 Å². The Kier molecular flexibility index (Phi) is 4.90. The average molecular weight is 434 g/mol. The van der Waals surface area contributed by atoms with Crippen LogP contribution in [0.4, 0.5) is 45.2 Å². The van der Waals surface area contributed by atoms with E-state index >= 15 is 0 Å². The molecular formula is C16H11F9N2O2. The van der Waals surface area contributed by atoms with Gasteiger partial charge < -0.3 is 14.6 Å². The van der Waals surface area contributed by atoms with Crippen LogP contribution in [0.5, 0.6) is 5.75 Å². The molecule has 1 aliphatic heterocycles. The summed E-state index contributed by atoms with van der Waals surface area (Å²) in [4.78, 5) is 13.9. The normalized spacial score (nSPS) is 18.0. The molecular weight excluding hydrogens is 423 g/mol. The Bertz CT molecular complexity index is 976. The van der Waals surface area contributed by atoms with Crippen molar-refractivity contribution in [2.24, 2.45) is 0 Å². The summed E-state index contributed by atoms with van der Waals surface area (Å²) < 4.78 is 123. The molecule has 1 N–H and O–H groups in total. The molecule has 1 aliphatic rings. The first-order chi connectivity index (χ1) is 13.2. The van der Waals surface area contributed by atoms with E-state index in [9.17, 15) is 44.3 Å². The number of ether oxygens (including phenoxy) is 1. The van der Waals surface area contributed by atoms with Crippen LogP contribution in [-0.4, -0.2) is 36.5 Å². The summed E-state index contributed by atoms with van der Waals surface area (Å²) in [5.41, 5.74) is -3.52. The highest BCUT2D eigenvalue weighted by Gasteiger charge is 2.44. The third kappa shape index (κ3) is 4.53. The molecule has 1 aromatic carbocycles. The van der Waals surface area contributed by atoms with Gasteiger partial charge in [0.2, 0.25) is 5.56 Å². The largest absolute Gasteiger partial charge is 0.489 e. The third-order valence-electron chi connectivity index (χ3n) is 4.23. The number of anilines is 1. The highest BCUT2D eigenvalue weighted by molar-refractivity contribution is 5.94. The SMILES string of the molecule is O=c1cc(C(F)(F)F)c2c3c(ccc2[nH]1)N(CC(F)(F)F)C(CC(F)(F)F)CO3. The number of nitrogens with one attached hydrogen (secondary N) is 1. The highest BCUT2D eigenvalue weighted by Crippen LogP contribution is 2.46. The Morgan fingerprint density at radius 2 is 1.69 bits per heavy atom. The predicted octanol–water partition coefficient (Wildman–Crippen LogP) is 4.63. The molecule has 0 fully saturated rings. The van der Waals surface area contributed by atoms with Crippen molar-refractivity contribution in [3.63, 3.8) is 0 Å². The summed E-state index contributed by atoms with van der Waals surface area (Å²) in [6.07, 6.45) is -16.5. The zero-order chi connectivity index (χ0) is 21.8. The fourth-order valence-electron chi connectivity index (χ4n) is 3.22. The van der Waals surface area contributed by atoms with E-state index in [4.69, 9.17) is 4.74 Å². The number of nitrogens with zero attached hydrogens (tertiary/aromatic N) is 1. The van der Waals surface area contributed by atoms with E-state index in [1.807, 2.05) is 0 Å². The van der Waals surface area contributed by atoms with E-state index in [1.165, 1.54) is 0 Å². The second kappa shape index (κ2) is 6.73. The maximum atomic E-state index is 13.4. The molecule has 1 aromatic heterocycles. The molecule has 13 heteroatoms. The van der Waals surface area contributed by atoms with Gasteiger partial charge in [0.15, 0.2) is 5.75 Å². The molecule has 2 aromatic rings. The lowest BCUT2D eigenvalue weighted by atomic mass is 10.0. The number of aromatic nitrogens is 1. The topological polar surface area (TPSA) is 45.3 Å². The number of hydrogen-bond donors (Lipinski definition) is 1. The van der Waals surface area contributed by atoms with Gasteiger partial charge in [-0.3, -0.25) is 4.79 Å². The number of aromatic amines is 1. The van der Waals surface area contributed by atoms with Crippen molar-refractivity contribution in [2.75, 3.05) is 18.1 Å². The number of rotatable bonds is 2. The Morgan fingerprint density at radius 1 is 1.03 bits per heavy atom. The number of H-pyrrole nitrogens is 1. The number of benzene rings is 1. The Hall–Kier alpha value is -2.60. The summed E-state index contributed by atoms with van der Waals surface area (Å²) in [6, 6.07) is 0.205. The first-order valence-corrected chi connectivity index (χ1v) is 7.96. The molecule has 0 spiro atoms. The summed E-state index contributed by atoms with van der Waals surface area (Å²) in [7, 11) is 0. The van der Waals surface area contributed by atoms with Crippen molar-refractivity contribution < 1.29 is 44.3 Å². The van der Waals surface area contributed by atoms with Crippen LogP contribution in [0.25, 0.3) is 10.9 Å². The van der Waals surface area contributed by atoms with Crippen LogP contribution in [0.3, 0.4) is 0 Å². The molecule has 4 nitrogen and oxygen atoms in total. The van der Waals surface area contributed by atoms with Crippen molar-refractivity contribution in [3.05, 3.63) is 34.1 Å². The molecule has 0 bridgehead atoms. The number of alkyl halides is 9. The molecule has 2 heterocycles. The fraction of sp³-hybridized carbons (Fsp3) is 0.438. The van der Waals surface area contributed by atoms with Crippen molar-refractivity contribution in [1.29, 1.82) is 0 Å². The minimum absolute atomic E-state index is 0.210. The van der Waals surface area contributed by atoms with Crippen LogP contribution in [0.2, 0.25) is 0 Å².